The van der Waals surface area contributed by atoms with Gasteiger partial charge in [0.25, 0.3) is 0 Å². The van der Waals surface area contributed by atoms with Gasteiger partial charge in [-0.25, -0.2) is 0 Å². The van der Waals surface area contributed by atoms with Gasteiger partial charge in [-0.1, -0.05) is 0 Å². The summed E-state index contributed by atoms with van der Waals surface area (Å²) in [5.41, 5.74) is 0. The number of hydrogen-bond donors (Lipinski definition) is 0. The first kappa shape index (κ1) is 10.5. The molecule has 1 aliphatic rings. The SMILES string of the molecule is O=C1CC(OCCCC(F)(F)F)C1. The number of hydrogen-bond acceptors (Lipinski definition) is 2. The first-order valence-corrected chi connectivity index (χ1v) is 4.17. The summed E-state index contributed by atoms with van der Waals surface area (Å²) in [7, 11) is 0. The lowest BCUT2D eigenvalue weighted by Crippen LogP contribution is -2.31. The number of halogens is 3. The average Bonchev–Trinajstić information content (AvgIpc) is 1.91. The Morgan fingerprint density at radius 2 is 2.00 bits per heavy atom. The van der Waals surface area contributed by atoms with Crippen molar-refractivity contribution >= 4 is 5.78 Å². The summed E-state index contributed by atoms with van der Waals surface area (Å²) in [4.78, 5) is 10.4. The van der Waals surface area contributed by atoms with E-state index in [2.05, 4.69) is 0 Å². The topological polar surface area (TPSA) is 26.3 Å². The van der Waals surface area contributed by atoms with E-state index in [-0.39, 0.29) is 24.9 Å². The van der Waals surface area contributed by atoms with Crippen molar-refractivity contribution in [3.8, 4) is 0 Å². The molecule has 0 aliphatic heterocycles. The Balaban J connectivity index is 1.93. The van der Waals surface area contributed by atoms with E-state index in [9.17, 15) is 18.0 Å². The fourth-order valence-corrected chi connectivity index (χ4v) is 1.09. The monoisotopic (exact) mass is 196 g/mol. The van der Waals surface area contributed by atoms with Crippen molar-refractivity contribution in [3.63, 3.8) is 0 Å². The third kappa shape index (κ3) is 4.26. The molecular weight excluding hydrogens is 185 g/mol. The Morgan fingerprint density at radius 1 is 1.38 bits per heavy atom. The van der Waals surface area contributed by atoms with Crippen LogP contribution in [-0.4, -0.2) is 24.7 Å². The van der Waals surface area contributed by atoms with Crippen molar-refractivity contribution in [1.29, 1.82) is 0 Å². The van der Waals surface area contributed by atoms with Gasteiger partial charge in [-0.3, -0.25) is 4.79 Å². The second kappa shape index (κ2) is 4.09. The lowest BCUT2D eigenvalue weighted by molar-refractivity contribution is -0.144. The van der Waals surface area contributed by atoms with Gasteiger partial charge in [0.15, 0.2) is 0 Å². The molecule has 0 N–H and O–H groups in total. The first-order chi connectivity index (χ1) is 5.97. The number of Topliss-reactive ketones (excluding diaryl/α,β-unsaturated/α-hetero) is 1. The van der Waals surface area contributed by atoms with E-state index in [1.807, 2.05) is 0 Å². The normalized spacial score (nSPS) is 18.8. The van der Waals surface area contributed by atoms with Crippen LogP contribution in [0.2, 0.25) is 0 Å². The molecule has 0 radical (unpaired) electrons. The molecule has 0 atom stereocenters. The van der Waals surface area contributed by atoms with Gasteiger partial charge < -0.3 is 4.74 Å². The second-order valence-corrected chi connectivity index (χ2v) is 3.16. The molecule has 2 nitrogen and oxygen atoms in total. The molecule has 0 spiro atoms. The maximum atomic E-state index is 11.6. The summed E-state index contributed by atoms with van der Waals surface area (Å²) >= 11 is 0. The van der Waals surface area contributed by atoms with E-state index < -0.39 is 12.6 Å². The Kier molecular flexibility index (Phi) is 3.30. The van der Waals surface area contributed by atoms with Crippen LogP contribution in [0.25, 0.3) is 0 Å². The van der Waals surface area contributed by atoms with Crippen molar-refractivity contribution in [2.45, 2.75) is 38.0 Å². The molecule has 1 aliphatic carbocycles. The molecular formula is C8H11F3O2. The molecule has 5 heteroatoms. The molecule has 0 bridgehead atoms. The van der Waals surface area contributed by atoms with E-state index >= 15 is 0 Å². The van der Waals surface area contributed by atoms with Gasteiger partial charge in [0.1, 0.15) is 5.78 Å². The maximum absolute atomic E-state index is 11.6. The zero-order chi connectivity index (χ0) is 9.90. The van der Waals surface area contributed by atoms with Crippen LogP contribution in [0.1, 0.15) is 25.7 Å². The minimum atomic E-state index is -4.10. The molecule has 0 aromatic carbocycles. The molecule has 1 saturated carbocycles. The van der Waals surface area contributed by atoms with Crippen LogP contribution in [-0.2, 0) is 9.53 Å². The van der Waals surface area contributed by atoms with Crippen molar-refractivity contribution < 1.29 is 22.7 Å². The number of carbonyl (C=O) groups is 1. The zero-order valence-electron chi connectivity index (χ0n) is 7.06. The smallest absolute Gasteiger partial charge is 0.377 e. The van der Waals surface area contributed by atoms with E-state index in [0.29, 0.717) is 12.8 Å². The molecule has 0 amide bonds. The van der Waals surface area contributed by atoms with E-state index in [1.165, 1.54) is 0 Å². The summed E-state index contributed by atoms with van der Waals surface area (Å²) in [6.45, 7) is 0.0947. The standard InChI is InChI=1S/C8H11F3O2/c9-8(10,11)2-1-3-13-7-4-6(12)5-7/h7H,1-5H2. The van der Waals surface area contributed by atoms with E-state index in [4.69, 9.17) is 4.74 Å². The largest absolute Gasteiger partial charge is 0.389 e. The highest BCUT2D eigenvalue weighted by atomic mass is 19.4. The van der Waals surface area contributed by atoms with Gasteiger partial charge in [-0.15, -0.1) is 0 Å². The van der Waals surface area contributed by atoms with Crippen LogP contribution < -0.4 is 0 Å². The quantitative estimate of drug-likeness (QED) is 0.643. The van der Waals surface area contributed by atoms with Crippen LogP contribution in [0.4, 0.5) is 13.2 Å². The Bertz CT molecular complexity index is 180. The molecule has 0 unspecified atom stereocenters. The number of rotatable bonds is 4. The first-order valence-electron chi connectivity index (χ1n) is 4.17. The number of ketones is 1. The molecule has 0 heterocycles. The van der Waals surface area contributed by atoms with Gasteiger partial charge in [0.2, 0.25) is 0 Å². The van der Waals surface area contributed by atoms with Gasteiger partial charge >= 0.3 is 6.18 Å². The summed E-state index contributed by atoms with van der Waals surface area (Å²) in [6.07, 6.45) is -4.32. The third-order valence-corrected chi connectivity index (χ3v) is 1.87. The number of ether oxygens (including phenoxy) is 1. The minimum Gasteiger partial charge on any atom is -0.377 e. The summed E-state index contributed by atoms with van der Waals surface area (Å²) < 4.78 is 39.9. The van der Waals surface area contributed by atoms with Gasteiger partial charge in [0, 0.05) is 25.9 Å². The van der Waals surface area contributed by atoms with E-state index in [0.717, 1.165) is 0 Å². The van der Waals surface area contributed by atoms with Gasteiger partial charge in [0.05, 0.1) is 6.10 Å². The molecule has 1 fully saturated rings. The van der Waals surface area contributed by atoms with E-state index in [1.54, 1.807) is 0 Å². The fraction of sp³-hybridized carbons (Fsp3) is 0.875. The summed E-state index contributed by atoms with van der Waals surface area (Å²) in [5.74, 6) is 0.126. The highest BCUT2D eigenvalue weighted by Crippen LogP contribution is 2.23. The van der Waals surface area contributed by atoms with Crippen molar-refractivity contribution in [3.05, 3.63) is 0 Å². The van der Waals surface area contributed by atoms with Gasteiger partial charge in [-0.05, 0) is 6.42 Å². The van der Waals surface area contributed by atoms with Crippen molar-refractivity contribution in [1.82, 2.24) is 0 Å². The predicted octanol–water partition coefficient (Wildman–Crippen LogP) is 2.08. The Morgan fingerprint density at radius 3 is 2.46 bits per heavy atom. The molecule has 0 aromatic rings. The second-order valence-electron chi connectivity index (χ2n) is 3.16. The van der Waals surface area contributed by atoms with Gasteiger partial charge in [-0.2, -0.15) is 13.2 Å². The summed E-state index contributed by atoms with van der Waals surface area (Å²) in [5, 5.41) is 0. The molecule has 0 saturated heterocycles. The fourth-order valence-electron chi connectivity index (χ4n) is 1.09. The molecule has 0 aromatic heterocycles. The lowest BCUT2D eigenvalue weighted by Gasteiger charge is -2.24. The zero-order valence-corrected chi connectivity index (χ0v) is 7.06. The molecule has 1 rings (SSSR count). The molecule has 76 valence electrons. The van der Waals surface area contributed by atoms with Crippen LogP contribution in [0.3, 0.4) is 0 Å². The van der Waals surface area contributed by atoms with Crippen molar-refractivity contribution in [2.24, 2.45) is 0 Å². The van der Waals surface area contributed by atoms with Crippen LogP contribution in [0.5, 0.6) is 0 Å². The molecule has 13 heavy (non-hydrogen) atoms. The predicted molar refractivity (Wildman–Crippen MR) is 39.3 cm³/mol. The highest BCUT2D eigenvalue weighted by Gasteiger charge is 2.29. The lowest BCUT2D eigenvalue weighted by atomic mass is 9.94. The number of carbonyl (C=O) groups excluding carboxylic acids is 1. The average molecular weight is 196 g/mol. The Labute approximate surface area is 74.1 Å². The Hall–Kier alpha value is -0.580. The number of alkyl halides is 3. The minimum absolute atomic E-state index is 0.0197. The van der Waals surface area contributed by atoms with Crippen LogP contribution >= 0.6 is 0 Å². The maximum Gasteiger partial charge on any atom is 0.389 e. The van der Waals surface area contributed by atoms with Crippen LogP contribution in [0.15, 0.2) is 0 Å². The third-order valence-electron chi connectivity index (χ3n) is 1.87. The summed E-state index contributed by atoms with van der Waals surface area (Å²) in [6, 6.07) is 0. The van der Waals surface area contributed by atoms with Crippen molar-refractivity contribution in [2.75, 3.05) is 6.61 Å². The van der Waals surface area contributed by atoms with Crippen LogP contribution in [0, 0.1) is 0 Å². The highest BCUT2D eigenvalue weighted by molar-refractivity contribution is 5.85.